The number of aryl methyl sites for hydroxylation is 3. The molecule has 0 aliphatic carbocycles. The number of hydrogen-bond donors (Lipinski definition) is 7. The van der Waals surface area contributed by atoms with Crippen molar-refractivity contribution in [3.05, 3.63) is 137 Å². The molecular weight excluding hydrogens is 1740 g/mol. The van der Waals surface area contributed by atoms with Crippen molar-refractivity contribution in [3.63, 3.8) is 0 Å². The Morgan fingerprint density at radius 3 is 1.82 bits per heavy atom. The molecule has 6 atom stereocenters. The van der Waals surface area contributed by atoms with Crippen LogP contribution in [0.15, 0.2) is 97.5 Å². The summed E-state index contributed by atoms with van der Waals surface area (Å²) in [6.07, 6.45) is 2.90. The standard InChI is InChI=1S/C92H120N12O27S/c1-58-42-75-80(132(120,121)122)51-68-50-79(59(2)43-73(68)91(118)103(75)54-58)131-26-9-10-84(112)98-81-57-101(7)87(99-81)78(109)46-63-11-14-65(15-12-63)69-49-76(100(6)55-69)92(119)102-25-23-66-45-64(13-19-74(66)102)47-77(108)61(4)97-88(115)62(5)96-85(113)20-16-67(48-72(107)56-104-86(114)44-60(3)90(104)117)89(116)95-53-71(106)18-22-83(111)94-52-70(105)17-21-82(110)93-24-27-124-30-31-126-34-35-128-38-39-130-41-40-129-37-36-127-33-32-125-29-28-123-8/h11-15,19,23,25,43,45,49-50,55,57,60-62,67,75,80H,1,9-10,16-18,20-22,24,26-42,44,46-48,51-54,56H2,2-8H3,(H,93,110)(H,94,111)(H,95,116)(H,96,113)(H,97,115)(H,98,112)(H,120,121,122)/t60?,61-,62-,67+,75-,80?/m0/s1. The molecule has 3 aromatic heterocycles. The highest BCUT2D eigenvalue weighted by Crippen LogP contribution is 2.37. The molecule has 6 heterocycles. The van der Waals surface area contributed by atoms with Crippen LogP contribution in [0.1, 0.15) is 145 Å². The Labute approximate surface area is 765 Å². The molecule has 39 nitrogen and oxygen atoms in total. The largest absolute Gasteiger partial charge is 0.493 e. The zero-order valence-corrected chi connectivity index (χ0v) is 76.5. The Balaban J connectivity index is 0.637. The first kappa shape index (κ1) is 104. The molecule has 2 saturated heterocycles. The van der Waals surface area contributed by atoms with Gasteiger partial charge in [0.15, 0.2) is 34.8 Å². The number of fused-ring (bicyclic) bond motifs is 3. The van der Waals surface area contributed by atoms with Gasteiger partial charge >= 0.3 is 0 Å². The van der Waals surface area contributed by atoms with Gasteiger partial charge in [-0.05, 0) is 111 Å². The first-order chi connectivity index (χ1) is 63.1. The number of rotatable bonds is 60. The molecule has 9 rings (SSSR count). The van der Waals surface area contributed by atoms with Crippen LogP contribution < -0.4 is 36.6 Å². The second-order valence-corrected chi connectivity index (χ2v) is 34.4. The smallest absolute Gasteiger partial charge is 0.278 e. The van der Waals surface area contributed by atoms with Crippen LogP contribution in [0.2, 0.25) is 0 Å². The van der Waals surface area contributed by atoms with Crippen molar-refractivity contribution in [3.8, 4) is 16.9 Å². The van der Waals surface area contributed by atoms with Crippen molar-refractivity contribution < 1.29 is 128 Å². The highest BCUT2D eigenvalue weighted by molar-refractivity contribution is 7.86. The summed E-state index contributed by atoms with van der Waals surface area (Å²) in [4.78, 5) is 204. The molecule has 0 saturated carbocycles. The molecule has 132 heavy (non-hydrogen) atoms. The minimum atomic E-state index is -4.53. The molecule has 3 aliphatic heterocycles. The lowest BCUT2D eigenvalue weighted by molar-refractivity contribution is -0.143. The highest BCUT2D eigenvalue weighted by atomic mass is 32.2. The predicted octanol–water partition coefficient (Wildman–Crippen LogP) is 3.86. The number of nitrogens with one attached hydrogen (secondary N) is 6. The second kappa shape index (κ2) is 51.9. The predicted molar refractivity (Wildman–Crippen MR) is 478 cm³/mol. The number of aromatic nitrogens is 4. The number of amides is 9. The van der Waals surface area contributed by atoms with Gasteiger partial charge in [-0.25, -0.2) is 4.98 Å². The van der Waals surface area contributed by atoms with Gasteiger partial charge in [-0.15, -0.1) is 0 Å². The third-order valence-electron chi connectivity index (χ3n) is 22.3. The fraction of sp³-hybridized carbons (Fsp3) is 0.522. The van der Waals surface area contributed by atoms with E-state index in [4.69, 9.17) is 42.6 Å². The van der Waals surface area contributed by atoms with E-state index in [0.29, 0.717) is 142 Å². The fourth-order valence-corrected chi connectivity index (χ4v) is 16.0. The van der Waals surface area contributed by atoms with Crippen LogP contribution in [0.3, 0.4) is 0 Å². The van der Waals surface area contributed by atoms with E-state index >= 15 is 0 Å². The van der Waals surface area contributed by atoms with Gasteiger partial charge in [0.1, 0.15) is 22.7 Å². The maximum atomic E-state index is 14.2. The molecule has 9 amide bonds. The lowest BCUT2D eigenvalue weighted by atomic mass is 9.95. The van der Waals surface area contributed by atoms with Crippen molar-refractivity contribution >= 4 is 115 Å². The number of methoxy groups -OCH3 is 1. The Kier molecular flexibility index (Phi) is 40.9. The molecule has 716 valence electrons. The number of ether oxygens (including phenoxy) is 9. The maximum absolute atomic E-state index is 14.2. The third-order valence-corrected chi connectivity index (χ3v) is 23.5. The number of carbonyl (C=O) groups excluding carboxylic acids is 15. The Bertz CT molecular complexity index is 5230. The Morgan fingerprint density at radius 2 is 1.20 bits per heavy atom. The fourth-order valence-electron chi connectivity index (χ4n) is 15.0. The van der Waals surface area contributed by atoms with Gasteiger partial charge in [-0.1, -0.05) is 49.4 Å². The molecule has 0 bridgehead atoms. The number of ketones is 5. The van der Waals surface area contributed by atoms with Crippen molar-refractivity contribution in [1.29, 1.82) is 0 Å². The highest BCUT2D eigenvalue weighted by Gasteiger charge is 2.46. The summed E-state index contributed by atoms with van der Waals surface area (Å²) in [5.41, 5.74) is 5.76. The number of Topliss-reactive ketones (excluding diaryl/α,β-unsaturated/α-hetero) is 5. The summed E-state index contributed by atoms with van der Waals surface area (Å²) in [7, 11) is 0.464. The lowest BCUT2D eigenvalue weighted by Crippen LogP contribution is -2.49. The van der Waals surface area contributed by atoms with Crippen LogP contribution >= 0.6 is 0 Å². The Morgan fingerprint density at radius 1 is 0.598 bits per heavy atom. The topological polar surface area (TPSA) is 500 Å². The summed E-state index contributed by atoms with van der Waals surface area (Å²) in [5, 5.41) is 14.8. The first-order valence-electron chi connectivity index (χ1n) is 44.0. The van der Waals surface area contributed by atoms with E-state index in [9.17, 15) is 84.9 Å². The van der Waals surface area contributed by atoms with E-state index in [-0.39, 0.29) is 151 Å². The number of nitrogens with zero attached hydrogens (tertiary/aromatic N) is 6. The molecule has 3 aromatic carbocycles. The maximum Gasteiger partial charge on any atom is 0.278 e. The summed E-state index contributed by atoms with van der Waals surface area (Å²) in [5.74, 6) is -9.17. The van der Waals surface area contributed by atoms with E-state index < -0.39 is 137 Å². The van der Waals surface area contributed by atoms with Gasteiger partial charge in [0.2, 0.25) is 53.0 Å². The molecule has 7 N–H and O–H groups in total. The van der Waals surface area contributed by atoms with E-state index in [0.717, 1.165) is 16.0 Å². The summed E-state index contributed by atoms with van der Waals surface area (Å²) >= 11 is 0. The van der Waals surface area contributed by atoms with Gasteiger partial charge in [0, 0.05) is 145 Å². The van der Waals surface area contributed by atoms with Crippen LogP contribution in [0.25, 0.3) is 22.0 Å². The van der Waals surface area contributed by atoms with Crippen LogP contribution in [0, 0.1) is 18.8 Å². The monoisotopic (exact) mass is 1860 g/mol. The molecule has 2 unspecified atom stereocenters. The van der Waals surface area contributed by atoms with Gasteiger partial charge in [0.05, 0.1) is 143 Å². The number of imidazole rings is 1. The molecule has 40 heteroatoms. The normalized spacial score (nSPS) is 15.6. The summed E-state index contributed by atoms with van der Waals surface area (Å²) in [6, 6.07) is 16.2. The molecule has 6 aromatic rings. The van der Waals surface area contributed by atoms with Crippen LogP contribution in [0.4, 0.5) is 5.82 Å². The molecule has 0 spiro atoms. The van der Waals surface area contributed by atoms with Crippen LogP contribution in [-0.2, 0) is 139 Å². The van der Waals surface area contributed by atoms with E-state index in [1.807, 2.05) is 12.1 Å². The van der Waals surface area contributed by atoms with E-state index in [1.54, 1.807) is 99.7 Å². The minimum Gasteiger partial charge on any atom is -0.493 e. The van der Waals surface area contributed by atoms with Gasteiger partial charge in [-0.2, -0.15) is 8.42 Å². The molecule has 0 radical (unpaired) electrons. The first-order valence-corrected chi connectivity index (χ1v) is 45.5. The molecule has 3 aliphatic rings. The van der Waals surface area contributed by atoms with Crippen LogP contribution in [-0.4, -0.2) is 298 Å². The number of hydrogen-bond acceptors (Lipinski definition) is 27. The summed E-state index contributed by atoms with van der Waals surface area (Å²) in [6.45, 7) is 15.1. The molecular formula is C92H120N12O27S. The van der Waals surface area contributed by atoms with Gasteiger partial charge in [-0.3, -0.25) is 85.9 Å². The summed E-state index contributed by atoms with van der Waals surface area (Å²) < 4.78 is 88.9. The van der Waals surface area contributed by atoms with Crippen molar-refractivity contribution in [2.75, 3.05) is 151 Å². The second-order valence-electron chi connectivity index (χ2n) is 32.7. The number of anilines is 1. The Hall–Kier alpha value is -11.7. The molecule has 2 fully saturated rings. The minimum absolute atomic E-state index is 0.0126. The van der Waals surface area contributed by atoms with Gasteiger partial charge in [0.25, 0.3) is 21.9 Å². The number of benzene rings is 3. The van der Waals surface area contributed by atoms with Crippen molar-refractivity contribution in [2.45, 2.75) is 141 Å². The van der Waals surface area contributed by atoms with Crippen molar-refractivity contribution in [2.24, 2.45) is 25.9 Å². The lowest BCUT2D eigenvalue weighted by Gasteiger charge is -2.26. The zero-order chi connectivity index (χ0) is 95.6. The number of carbonyl (C=O) groups is 15. The van der Waals surface area contributed by atoms with E-state index in [1.165, 1.54) is 41.0 Å². The van der Waals surface area contributed by atoms with Gasteiger partial charge < -0.3 is 88.6 Å². The number of imide groups is 1. The SMILES string of the molecule is C=C1C[C@H]2C(S(=O)(=O)O)Cc3cc(OCCCC(=O)Nc4cn(C)c(C(=O)Cc5ccc(-c6cc(C(=O)n7ccc8cc(CC(=O)[C@H](C)NC(=O)[C@H](C)NC(=O)CC[C@H](CC(=O)CN9C(=O)CC(C)C9=O)C(=O)NCC(=O)CCC(=O)NCC(=O)CCC(=O)NCCOCCOCCOCCOCCOCCOCCOCCOC)ccc87)n(C)c6)cc5)n4)c(C)cc3C(=O)N2C1. The van der Waals surface area contributed by atoms with Crippen LogP contribution in [0.5, 0.6) is 5.75 Å². The third kappa shape index (κ3) is 32.3. The zero-order valence-electron chi connectivity index (χ0n) is 75.7. The van der Waals surface area contributed by atoms with Crippen molar-refractivity contribution in [1.82, 2.24) is 55.1 Å². The average molecular weight is 1860 g/mol. The van der Waals surface area contributed by atoms with E-state index in [2.05, 4.69) is 43.5 Å². The quantitative estimate of drug-likeness (QED) is 0.00936. The average Bonchev–Trinajstić information content (AvgIpc) is 1.61. The number of likely N-dealkylation sites (tertiary alicyclic amines) is 1.